The van der Waals surface area contributed by atoms with Gasteiger partial charge in [-0.05, 0) is 48.7 Å². The Balaban J connectivity index is 2.33. The van der Waals surface area contributed by atoms with Crippen molar-refractivity contribution in [3.05, 3.63) is 59.7 Å². The Morgan fingerprint density at radius 3 is 2.35 bits per heavy atom. The molecule has 0 aromatic heterocycles. The second-order valence-corrected chi connectivity index (χ2v) is 5.35. The summed E-state index contributed by atoms with van der Waals surface area (Å²) in [6.45, 7) is 5.40. The van der Waals surface area contributed by atoms with E-state index in [0.717, 1.165) is 6.54 Å². The fraction of sp³-hybridized carbons (Fsp3) is 0.333. The van der Waals surface area contributed by atoms with E-state index in [9.17, 15) is 0 Å². The van der Waals surface area contributed by atoms with Crippen LogP contribution >= 0.6 is 11.6 Å². The van der Waals surface area contributed by atoms with Gasteiger partial charge in [0.05, 0.1) is 0 Å². The molecule has 0 aliphatic rings. The van der Waals surface area contributed by atoms with Crippen molar-refractivity contribution in [3.8, 4) is 0 Å². The molecule has 0 aliphatic carbocycles. The van der Waals surface area contributed by atoms with Gasteiger partial charge in [0.15, 0.2) is 0 Å². The number of halogens is 1. The maximum atomic E-state index is 5.95. The average molecular weight is 288 g/mol. The van der Waals surface area contributed by atoms with Crippen molar-refractivity contribution in [1.82, 2.24) is 0 Å². The van der Waals surface area contributed by atoms with E-state index in [0.29, 0.717) is 5.88 Å². The van der Waals surface area contributed by atoms with Crippen molar-refractivity contribution in [2.45, 2.75) is 32.6 Å². The lowest BCUT2D eigenvalue weighted by atomic mass is 10.1. The Hall–Kier alpha value is -1.47. The summed E-state index contributed by atoms with van der Waals surface area (Å²) < 4.78 is 0. The van der Waals surface area contributed by atoms with Gasteiger partial charge in [-0.15, -0.1) is 11.6 Å². The molecule has 2 aromatic rings. The first-order valence-corrected chi connectivity index (χ1v) is 7.77. The number of alkyl halides is 1. The first-order valence-electron chi connectivity index (χ1n) is 7.24. The summed E-state index contributed by atoms with van der Waals surface area (Å²) in [6, 6.07) is 17.1. The SMILES string of the molecule is CCCCN(c1ccccc1)c1ccc(CCl)c(C)c1. The topological polar surface area (TPSA) is 3.24 Å². The number of para-hydroxylation sites is 1. The third-order valence-electron chi connectivity index (χ3n) is 3.58. The van der Waals surface area contributed by atoms with Crippen LogP contribution in [0.15, 0.2) is 48.5 Å². The average Bonchev–Trinajstić information content (AvgIpc) is 2.49. The molecule has 2 aromatic carbocycles. The molecule has 1 nitrogen and oxygen atoms in total. The molecule has 2 heteroatoms. The molecule has 0 N–H and O–H groups in total. The fourth-order valence-corrected chi connectivity index (χ4v) is 2.63. The lowest BCUT2D eigenvalue weighted by molar-refractivity contribution is 0.785. The van der Waals surface area contributed by atoms with Crippen molar-refractivity contribution < 1.29 is 0 Å². The molecular weight excluding hydrogens is 266 g/mol. The van der Waals surface area contributed by atoms with Gasteiger partial charge in [0.2, 0.25) is 0 Å². The lowest BCUT2D eigenvalue weighted by Crippen LogP contribution is -2.18. The third kappa shape index (κ3) is 3.55. The van der Waals surface area contributed by atoms with E-state index in [1.54, 1.807) is 0 Å². The van der Waals surface area contributed by atoms with Gasteiger partial charge in [0.1, 0.15) is 0 Å². The zero-order valence-corrected chi connectivity index (χ0v) is 13.0. The van der Waals surface area contributed by atoms with Gasteiger partial charge < -0.3 is 4.90 Å². The summed E-state index contributed by atoms with van der Waals surface area (Å²) in [4.78, 5) is 2.38. The van der Waals surface area contributed by atoms with Crippen molar-refractivity contribution >= 4 is 23.0 Å². The van der Waals surface area contributed by atoms with E-state index in [4.69, 9.17) is 11.6 Å². The predicted octanol–water partition coefficient (Wildman–Crippen LogP) is 5.67. The maximum absolute atomic E-state index is 5.95. The van der Waals surface area contributed by atoms with Gasteiger partial charge in [-0.2, -0.15) is 0 Å². The number of anilines is 2. The van der Waals surface area contributed by atoms with Gasteiger partial charge in [0.25, 0.3) is 0 Å². The molecule has 0 radical (unpaired) electrons. The fourth-order valence-electron chi connectivity index (χ4n) is 2.33. The number of nitrogens with zero attached hydrogens (tertiary/aromatic N) is 1. The molecule has 106 valence electrons. The minimum Gasteiger partial charge on any atom is -0.341 e. The zero-order valence-electron chi connectivity index (χ0n) is 12.3. The largest absolute Gasteiger partial charge is 0.341 e. The molecule has 0 unspecified atom stereocenters. The molecule has 0 saturated carbocycles. The van der Waals surface area contributed by atoms with Gasteiger partial charge in [-0.3, -0.25) is 0 Å². The highest BCUT2D eigenvalue weighted by Crippen LogP contribution is 2.28. The number of aryl methyl sites for hydroxylation is 1. The molecule has 0 amide bonds. The summed E-state index contributed by atoms with van der Waals surface area (Å²) >= 11 is 5.95. The van der Waals surface area contributed by atoms with E-state index in [1.165, 1.54) is 35.3 Å². The van der Waals surface area contributed by atoms with Crippen LogP contribution in [0.5, 0.6) is 0 Å². The van der Waals surface area contributed by atoms with Gasteiger partial charge >= 0.3 is 0 Å². The second kappa shape index (κ2) is 7.35. The zero-order chi connectivity index (χ0) is 14.4. The highest BCUT2D eigenvalue weighted by molar-refractivity contribution is 6.17. The van der Waals surface area contributed by atoms with Crippen molar-refractivity contribution in [1.29, 1.82) is 0 Å². The monoisotopic (exact) mass is 287 g/mol. The van der Waals surface area contributed by atoms with Crippen LogP contribution in [0, 0.1) is 6.92 Å². The number of hydrogen-bond acceptors (Lipinski definition) is 1. The van der Waals surface area contributed by atoms with Crippen LogP contribution in [-0.4, -0.2) is 6.54 Å². The number of rotatable bonds is 6. The molecule has 0 aliphatic heterocycles. The van der Waals surface area contributed by atoms with Gasteiger partial charge in [-0.1, -0.05) is 37.6 Å². The molecule has 0 fully saturated rings. The number of unbranched alkanes of at least 4 members (excludes halogenated alkanes) is 1. The standard InChI is InChI=1S/C18H22ClN/c1-3-4-12-20(17-8-6-5-7-9-17)18-11-10-16(14-19)15(2)13-18/h5-11,13H,3-4,12,14H2,1-2H3. The van der Waals surface area contributed by atoms with Gasteiger partial charge in [0, 0.05) is 23.8 Å². The molecule has 0 spiro atoms. The maximum Gasteiger partial charge on any atom is 0.0476 e. The number of benzene rings is 2. The highest BCUT2D eigenvalue weighted by Gasteiger charge is 2.09. The Morgan fingerprint density at radius 2 is 1.75 bits per heavy atom. The van der Waals surface area contributed by atoms with Crippen LogP contribution in [0.25, 0.3) is 0 Å². The van der Waals surface area contributed by atoms with E-state index < -0.39 is 0 Å². The molecule has 20 heavy (non-hydrogen) atoms. The van der Waals surface area contributed by atoms with Crippen LogP contribution in [0.4, 0.5) is 11.4 Å². The summed E-state index contributed by atoms with van der Waals surface area (Å²) in [7, 11) is 0. The second-order valence-electron chi connectivity index (χ2n) is 5.09. The molecule has 0 saturated heterocycles. The normalized spacial score (nSPS) is 10.6. The molecule has 0 heterocycles. The third-order valence-corrected chi connectivity index (χ3v) is 3.87. The van der Waals surface area contributed by atoms with E-state index in [1.807, 2.05) is 0 Å². The van der Waals surface area contributed by atoms with Gasteiger partial charge in [-0.25, -0.2) is 0 Å². The predicted molar refractivity (Wildman–Crippen MR) is 89.1 cm³/mol. The number of hydrogen-bond donors (Lipinski definition) is 0. The van der Waals surface area contributed by atoms with Crippen LogP contribution in [0.2, 0.25) is 0 Å². The minimum absolute atomic E-state index is 0.576. The van der Waals surface area contributed by atoms with Crippen molar-refractivity contribution in [2.24, 2.45) is 0 Å². The first kappa shape index (κ1) is 14.9. The smallest absolute Gasteiger partial charge is 0.0476 e. The lowest BCUT2D eigenvalue weighted by Gasteiger charge is -2.25. The quantitative estimate of drug-likeness (QED) is 0.619. The molecule has 0 bridgehead atoms. The summed E-state index contributed by atoms with van der Waals surface area (Å²) in [5.74, 6) is 0.576. The van der Waals surface area contributed by atoms with E-state index in [-0.39, 0.29) is 0 Å². The van der Waals surface area contributed by atoms with Crippen LogP contribution < -0.4 is 4.90 Å². The van der Waals surface area contributed by atoms with Crippen LogP contribution in [0.1, 0.15) is 30.9 Å². The highest BCUT2D eigenvalue weighted by atomic mass is 35.5. The van der Waals surface area contributed by atoms with Crippen molar-refractivity contribution in [3.63, 3.8) is 0 Å². The van der Waals surface area contributed by atoms with Crippen molar-refractivity contribution in [2.75, 3.05) is 11.4 Å². The minimum atomic E-state index is 0.576. The molecule has 0 atom stereocenters. The summed E-state index contributed by atoms with van der Waals surface area (Å²) in [5, 5.41) is 0. The van der Waals surface area contributed by atoms with E-state index >= 15 is 0 Å². The Kier molecular flexibility index (Phi) is 5.49. The molecule has 2 rings (SSSR count). The summed E-state index contributed by atoms with van der Waals surface area (Å²) in [6.07, 6.45) is 2.38. The first-order chi connectivity index (χ1) is 9.76. The van der Waals surface area contributed by atoms with E-state index in [2.05, 4.69) is 67.3 Å². The van der Waals surface area contributed by atoms with Crippen LogP contribution in [0.3, 0.4) is 0 Å². The Labute approximate surface area is 127 Å². The molecular formula is C18H22ClN. The Bertz CT molecular complexity index is 536. The summed E-state index contributed by atoms with van der Waals surface area (Å²) in [5.41, 5.74) is 4.96. The van der Waals surface area contributed by atoms with Crippen LogP contribution in [-0.2, 0) is 5.88 Å². The Morgan fingerprint density at radius 1 is 1.00 bits per heavy atom.